The number of likely N-dealkylation sites (tertiary alicyclic amines) is 1. The van der Waals surface area contributed by atoms with Gasteiger partial charge in [0.25, 0.3) is 5.91 Å². The molecule has 94 valence electrons. The number of amides is 1. The van der Waals surface area contributed by atoms with E-state index in [4.69, 9.17) is 0 Å². The van der Waals surface area contributed by atoms with Crippen molar-refractivity contribution in [3.05, 3.63) is 48.3 Å². The van der Waals surface area contributed by atoms with Crippen LogP contribution in [0.5, 0.6) is 0 Å². The fourth-order valence-corrected chi connectivity index (χ4v) is 1.81. The lowest BCUT2D eigenvalue weighted by atomic mass is 10.1. The molecular weight excluding hydrogens is 228 g/mol. The Labute approximate surface area is 106 Å². The molecule has 18 heavy (non-hydrogen) atoms. The van der Waals surface area contributed by atoms with Crippen molar-refractivity contribution in [3.63, 3.8) is 0 Å². The largest absolute Gasteiger partial charge is 0.375 e. The van der Waals surface area contributed by atoms with Crippen molar-refractivity contribution in [1.29, 1.82) is 0 Å². The highest BCUT2D eigenvalue weighted by Gasteiger charge is 2.12. The lowest BCUT2D eigenvalue weighted by Gasteiger charge is -2.23. The van der Waals surface area contributed by atoms with Gasteiger partial charge in [0, 0.05) is 43.9 Å². The number of piperidine rings is 1. The van der Waals surface area contributed by atoms with Crippen LogP contribution in [-0.2, 0) is 4.79 Å². The topological polar surface area (TPSA) is 49.4 Å². The van der Waals surface area contributed by atoms with E-state index >= 15 is 0 Å². The minimum absolute atomic E-state index is 0.125. The van der Waals surface area contributed by atoms with Gasteiger partial charge in [-0.15, -0.1) is 0 Å². The van der Waals surface area contributed by atoms with E-state index in [0.717, 1.165) is 13.1 Å². The molecule has 2 rings (SSSR count). The minimum atomic E-state index is -0.125. The molecule has 1 aromatic rings. The second-order valence-corrected chi connectivity index (χ2v) is 4.23. The monoisotopic (exact) mass is 244 g/mol. The molecule has 0 atom stereocenters. The highest BCUT2D eigenvalue weighted by atomic mass is 16.1. The zero-order chi connectivity index (χ0) is 12.8. The van der Waals surface area contributed by atoms with Crippen LogP contribution in [0.1, 0.15) is 23.2 Å². The summed E-state index contributed by atoms with van der Waals surface area (Å²) in [5.41, 5.74) is 0.635. The normalized spacial score (nSPS) is 16.0. The van der Waals surface area contributed by atoms with Crippen molar-refractivity contribution in [1.82, 2.24) is 10.2 Å². The van der Waals surface area contributed by atoms with Crippen LogP contribution < -0.4 is 5.32 Å². The Kier molecular flexibility index (Phi) is 4.12. The van der Waals surface area contributed by atoms with E-state index in [1.165, 1.54) is 0 Å². The van der Waals surface area contributed by atoms with Crippen LogP contribution >= 0.6 is 0 Å². The molecule has 1 aromatic carbocycles. The molecule has 0 aromatic heterocycles. The summed E-state index contributed by atoms with van der Waals surface area (Å²) in [6.07, 6.45) is 4.65. The molecule has 0 spiro atoms. The van der Waals surface area contributed by atoms with E-state index in [1.54, 1.807) is 18.3 Å². The molecule has 0 aliphatic carbocycles. The number of Topliss-reactive ketones (excluding diaryl/α,β-unsaturated/α-hetero) is 1. The van der Waals surface area contributed by atoms with Crippen molar-refractivity contribution >= 4 is 11.7 Å². The van der Waals surface area contributed by atoms with Crippen molar-refractivity contribution in [2.45, 2.75) is 12.8 Å². The Balaban J connectivity index is 1.81. The number of rotatable bonds is 3. The molecule has 0 radical (unpaired) electrons. The van der Waals surface area contributed by atoms with E-state index in [9.17, 15) is 9.59 Å². The minimum Gasteiger partial charge on any atom is -0.375 e. The molecule has 0 unspecified atom stereocenters. The first-order chi connectivity index (χ1) is 8.75. The van der Waals surface area contributed by atoms with Crippen LogP contribution in [-0.4, -0.2) is 29.7 Å². The number of nitrogens with one attached hydrogen (secondary N) is 1. The quantitative estimate of drug-likeness (QED) is 0.877. The van der Waals surface area contributed by atoms with Crippen LogP contribution in [0.15, 0.2) is 42.7 Å². The molecular formula is C14H16N2O2. The van der Waals surface area contributed by atoms with Gasteiger partial charge in [0.15, 0.2) is 0 Å². The van der Waals surface area contributed by atoms with Gasteiger partial charge in [0.1, 0.15) is 5.78 Å². The maximum Gasteiger partial charge on any atom is 0.255 e. The molecule has 0 bridgehead atoms. The maximum absolute atomic E-state index is 11.7. The zero-order valence-electron chi connectivity index (χ0n) is 10.1. The summed E-state index contributed by atoms with van der Waals surface area (Å²) in [5, 5.41) is 2.71. The number of benzene rings is 1. The van der Waals surface area contributed by atoms with Gasteiger partial charge in [0.05, 0.1) is 0 Å². The van der Waals surface area contributed by atoms with E-state index in [0.29, 0.717) is 24.2 Å². The number of carbonyl (C=O) groups excluding carboxylic acids is 2. The molecule has 4 heteroatoms. The van der Waals surface area contributed by atoms with E-state index in [-0.39, 0.29) is 5.91 Å². The third-order valence-electron chi connectivity index (χ3n) is 2.89. The fourth-order valence-electron chi connectivity index (χ4n) is 1.81. The van der Waals surface area contributed by atoms with Crippen LogP contribution in [0.25, 0.3) is 0 Å². The van der Waals surface area contributed by atoms with E-state index in [1.807, 2.05) is 29.3 Å². The number of nitrogens with zero attached hydrogens (tertiary/aromatic N) is 1. The summed E-state index contributed by atoms with van der Waals surface area (Å²) in [4.78, 5) is 24.8. The van der Waals surface area contributed by atoms with Gasteiger partial charge in [-0.1, -0.05) is 18.2 Å². The molecule has 1 heterocycles. The predicted octanol–water partition coefficient (Wildman–Crippen LogP) is 1.55. The summed E-state index contributed by atoms with van der Waals surface area (Å²) in [5.74, 6) is 0.188. The van der Waals surface area contributed by atoms with Crippen LogP contribution in [0.2, 0.25) is 0 Å². The Hall–Kier alpha value is -2.10. The van der Waals surface area contributed by atoms with Crippen molar-refractivity contribution < 1.29 is 9.59 Å². The Morgan fingerprint density at radius 2 is 1.83 bits per heavy atom. The molecule has 4 nitrogen and oxygen atoms in total. The third kappa shape index (κ3) is 3.45. The van der Waals surface area contributed by atoms with Crippen LogP contribution in [0.4, 0.5) is 0 Å². The van der Waals surface area contributed by atoms with E-state index in [2.05, 4.69) is 5.32 Å². The summed E-state index contributed by atoms with van der Waals surface area (Å²) >= 11 is 0. The molecule has 1 N–H and O–H groups in total. The third-order valence-corrected chi connectivity index (χ3v) is 2.89. The first-order valence-corrected chi connectivity index (χ1v) is 6.04. The first-order valence-electron chi connectivity index (χ1n) is 6.04. The van der Waals surface area contributed by atoms with Crippen molar-refractivity contribution in [3.8, 4) is 0 Å². The highest BCUT2D eigenvalue weighted by molar-refractivity contribution is 5.94. The SMILES string of the molecule is O=C1CCN(C=CNC(=O)c2ccccc2)CC1. The Bertz CT molecular complexity index is 444. The summed E-state index contributed by atoms with van der Waals surface area (Å²) in [6, 6.07) is 9.06. The van der Waals surface area contributed by atoms with Gasteiger partial charge in [0.2, 0.25) is 0 Å². The average molecular weight is 244 g/mol. The summed E-state index contributed by atoms with van der Waals surface area (Å²) in [7, 11) is 0. The average Bonchev–Trinajstić information content (AvgIpc) is 2.42. The lowest BCUT2D eigenvalue weighted by Crippen LogP contribution is -2.30. The zero-order valence-corrected chi connectivity index (χ0v) is 10.1. The number of hydrogen-bond donors (Lipinski definition) is 1. The molecule has 1 aliphatic rings. The Morgan fingerprint density at radius 1 is 1.17 bits per heavy atom. The van der Waals surface area contributed by atoms with Crippen LogP contribution in [0, 0.1) is 0 Å². The molecule has 0 saturated carbocycles. The van der Waals surface area contributed by atoms with Crippen molar-refractivity contribution in [2.24, 2.45) is 0 Å². The maximum atomic E-state index is 11.7. The summed E-state index contributed by atoms with van der Waals surface area (Å²) < 4.78 is 0. The molecule has 1 amide bonds. The highest BCUT2D eigenvalue weighted by Crippen LogP contribution is 2.05. The van der Waals surface area contributed by atoms with Gasteiger partial charge in [-0.05, 0) is 12.1 Å². The second kappa shape index (κ2) is 6.00. The van der Waals surface area contributed by atoms with E-state index < -0.39 is 0 Å². The van der Waals surface area contributed by atoms with Gasteiger partial charge < -0.3 is 10.2 Å². The number of ketones is 1. The first kappa shape index (κ1) is 12.4. The van der Waals surface area contributed by atoms with Gasteiger partial charge in [-0.2, -0.15) is 0 Å². The Morgan fingerprint density at radius 3 is 2.50 bits per heavy atom. The predicted molar refractivity (Wildman–Crippen MR) is 68.9 cm³/mol. The van der Waals surface area contributed by atoms with Gasteiger partial charge >= 0.3 is 0 Å². The molecule has 1 fully saturated rings. The molecule has 1 saturated heterocycles. The molecule has 1 aliphatic heterocycles. The smallest absolute Gasteiger partial charge is 0.255 e. The second-order valence-electron chi connectivity index (χ2n) is 4.23. The van der Waals surface area contributed by atoms with Gasteiger partial charge in [-0.3, -0.25) is 9.59 Å². The van der Waals surface area contributed by atoms with Crippen LogP contribution in [0.3, 0.4) is 0 Å². The van der Waals surface area contributed by atoms with Crippen molar-refractivity contribution in [2.75, 3.05) is 13.1 Å². The standard InChI is InChI=1S/C14H16N2O2/c17-13-6-9-16(10-7-13)11-8-15-14(18)12-4-2-1-3-5-12/h1-5,8,11H,6-7,9-10H2,(H,15,18). The fraction of sp³-hybridized carbons (Fsp3) is 0.286. The number of hydrogen-bond acceptors (Lipinski definition) is 3. The van der Waals surface area contributed by atoms with Gasteiger partial charge in [-0.25, -0.2) is 0 Å². The summed E-state index contributed by atoms with van der Waals surface area (Å²) in [6.45, 7) is 1.47. The lowest BCUT2D eigenvalue weighted by molar-refractivity contribution is -0.120. The number of carbonyl (C=O) groups is 2.